The highest BCUT2D eigenvalue weighted by Gasteiger charge is 2.14. The van der Waals surface area contributed by atoms with Gasteiger partial charge in [-0.15, -0.1) is 0 Å². The fraction of sp³-hybridized carbons (Fsp3) is 0.632. The van der Waals surface area contributed by atoms with E-state index >= 15 is 0 Å². The van der Waals surface area contributed by atoms with E-state index in [-0.39, 0.29) is 12.0 Å². The van der Waals surface area contributed by atoms with Crippen molar-refractivity contribution < 1.29 is 14.3 Å². The Morgan fingerprint density at radius 2 is 2.09 bits per heavy atom. The first-order valence-electron chi connectivity index (χ1n) is 8.82. The van der Waals surface area contributed by atoms with Crippen LogP contribution in [0, 0.1) is 0 Å². The van der Waals surface area contributed by atoms with Crippen molar-refractivity contribution in [2.75, 3.05) is 26.4 Å². The van der Waals surface area contributed by atoms with Crippen LogP contribution in [0.3, 0.4) is 0 Å². The summed E-state index contributed by atoms with van der Waals surface area (Å²) >= 11 is 0. The maximum atomic E-state index is 11.8. The Kier molecular flexibility index (Phi) is 8.12. The van der Waals surface area contributed by atoms with Crippen LogP contribution in [0.15, 0.2) is 24.3 Å². The highest BCUT2D eigenvalue weighted by molar-refractivity contribution is 5.76. The maximum Gasteiger partial charge on any atom is 0.220 e. The molecule has 0 bridgehead atoms. The average Bonchev–Trinajstić information content (AvgIpc) is 3.10. The van der Waals surface area contributed by atoms with Gasteiger partial charge in [-0.2, -0.15) is 0 Å². The van der Waals surface area contributed by atoms with Crippen molar-refractivity contribution >= 4 is 5.91 Å². The van der Waals surface area contributed by atoms with E-state index in [4.69, 9.17) is 9.47 Å². The Morgan fingerprint density at radius 3 is 2.78 bits per heavy atom. The third-order valence-electron chi connectivity index (χ3n) is 4.19. The van der Waals surface area contributed by atoms with E-state index in [2.05, 4.69) is 36.5 Å². The van der Waals surface area contributed by atoms with Crippen molar-refractivity contribution in [3.8, 4) is 0 Å². The summed E-state index contributed by atoms with van der Waals surface area (Å²) in [5.41, 5.74) is 2.55. The number of hydrogen-bond donors (Lipinski definition) is 1. The largest absolute Gasteiger partial charge is 0.379 e. The van der Waals surface area contributed by atoms with Crippen LogP contribution < -0.4 is 5.32 Å². The van der Waals surface area contributed by atoms with Crippen molar-refractivity contribution in [1.82, 2.24) is 5.32 Å². The van der Waals surface area contributed by atoms with E-state index in [1.165, 1.54) is 11.1 Å². The van der Waals surface area contributed by atoms with Gasteiger partial charge in [0.25, 0.3) is 0 Å². The van der Waals surface area contributed by atoms with E-state index in [1.54, 1.807) is 0 Å². The molecule has 4 nitrogen and oxygen atoms in total. The zero-order chi connectivity index (χ0) is 16.3. The van der Waals surface area contributed by atoms with E-state index < -0.39 is 0 Å². The predicted molar refractivity (Wildman–Crippen MR) is 91.6 cm³/mol. The number of nitrogens with one attached hydrogen (secondary N) is 1. The Morgan fingerprint density at radius 1 is 1.30 bits per heavy atom. The minimum atomic E-state index is 0.115. The highest BCUT2D eigenvalue weighted by atomic mass is 16.5. The van der Waals surface area contributed by atoms with Crippen LogP contribution in [0.25, 0.3) is 0 Å². The molecule has 1 aliphatic rings. The first-order valence-corrected chi connectivity index (χ1v) is 8.82. The van der Waals surface area contributed by atoms with Crippen LogP contribution >= 0.6 is 0 Å². The SMILES string of the molecule is CCc1ccc(CCC(=O)NCCCOCC2CCCO2)cc1. The molecule has 1 saturated heterocycles. The molecule has 0 aromatic heterocycles. The normalized spacial score (nSPS) is 17.3. The summed E-state index contributed by atoms with van der Waals surface area (Å²) in [7, 11) is 0. The van der Waals surface area contributed by atoms with Gasteiger partial charge in [0.05, 0.1) is 12.7 Å². The van der Waals surface area contributed by atoms with Crippen molar-refractivity contribution in [2.24, 2.45) is 0 Å². The fourth-order valence-corrected chi connectivity index (χ4v) is 2.68. The number of ether oxygens (including phenoxy) is 2. The Labute approximate surface area is 139 Å². The van der Waals surface area contributed by atoms with Gasteiger partial charge in [-0.3, -0.25) is 4.79 Å². The number of carbonyl (C=O) groups excluding carboxylic acids is 1. The number of carbonyl (C=O) groups is 1. The molecule has 0 radical (unpaired) electrons. The molecule has 1 heterocycles. The number of amides is 1. The number of benzene rings is 1. The molecule has 23 heavy (non-hydrogen) atoms. The lowest BCUT2D eigenvalue weighted by atomic mass is 10.1. The molecule has 1 atom stereocenters. The minimum absolute atomic E-state index is 0.115. The van der Waals surface area contributed by atoms with Gasteiger partial charge < -0.3 is 14.8 Å². The first kappa shape index (κ1) is 18.0. The van der Waals surface area contributed by atoms with Crippen LogP contribution in [0.4, 0.5) is 0 Å². The van der Waals surface area contributed by atoms with Crippen LogP contribution in [0.2, 0.25) is 0 Å². The van der Waals surface area contributed by atoms with E-state index in [1.807, 2.05) is 0 Å². The summed E-state index contributed by atoms with van der Waals surface area (Å²) in [6.07, 6.45) is 5.78. The quantitative estimate of drug-likeness (QED) is 0.675. The second kappa shape index (κ2) is 10.4. The molecule has 0 saturated carbocycles. The second-order valence-corrected chi connectivity index (χ2v) is 6.08. The monoisotopic (exact) mass is 319 g/mol. The Balaban J connectivity index is 1.47. The van der Waals surface area contributed by atoms with Gasteiger partial charge in [-0.25, -0.2) is 0 Å². The van der Waals surface area contributed by atoms with Gasteiger partial charge in [-0.05, 0) is 43.2 Å². The van der Waals surface area contributed by atoms with Gasteiger partial charge in [0, 0.05) is 26.2 Å². The zero-order valence-electron chi connectivity index (χ0n) is 14.2. The van der Waals surface area contributed by atoms with Crippen molar-refractivity contribution in [2.45, 2.75) is 51.6 Å². The van der Waals surface area contributed by atoms with E-state index in [0.29, 0.717) is 26.2 Å². The topological polar surface area (TPSA) is 47.6 Å². The summed E-state index contributed by atoms with van der Waals surface area (Å²) < 4.78 is 11.1. The summed E-state index contributed by atoms with van der Waals surface area (Å²) in [6, 6.07) is 8.51. The predicted octanol–water partition coefficient (Wildman–Crippen LogP) is 2.88. The molecule has 0 aliphatic carbocycles. The van der Waals surface area contributed by atoms with Crippen molar-refractivity contribution in [1.29, 1.82) is 0 Å². The summed E-state index contributed by atoms with van der Waals surface area (Å²) in [6.45, 7) is 5.05. The third kappa shape index (κ3) is 7.14. The summed E-state index contributed by atoms with van der Waals surface area (Å²) in [5.74, 6) is 0.115. The lowest BCUT2D eigenvalue weighted by molar-refractivity contribution is -0.121. The molecule has 128 valence electrons. The molecular weight excluding hydrogens is 290 g/mol. The second-order valence-electron chi connectivity index (χ2n) is 6.08. The zero-order valence-corrected chi connectivity index (χ0v) is 14.2. The third-order valence-corrected chi connectivity index (χ3v) is 4.19. The molecule has 2 rings (SSSR count). The maximum absolute atomic E-state index is 11.8. The Hall–Kier alpha value is -1.39. The lowest BCUT2D eigenvalue weighted by Crippen LogP contribution is -2.26. The molecular formula is C19H29NO3. The van der Waals surface area contributed by atoms with E-state index in [9.17, 15) is 4.79 Å². The molecule has 4 heteroatoms. The standard InChI is InChI=1S/C19H29NO3/c1-2-16-6-8-17(9-7-16)10-11-19(21)20-12-4-13-22-15-18-5-3-14-23-18/h6-9,18H,2-5,10-15H2,1H3,(H,20,21). The van der Waals surface area contributed by atoms with Crippen LogP contribution in [0.1, 0.15) is 43.7 Å². The number of hydrogen-bond acceptors (Lipinski definition) is 3. The smallest absolute Gasteiger partial charge is 0.220 e. The Bertz CT molecular complexity index is 452. The average molecular weight is 319 g/mol. The summed E-state index contributed by atoms with van der Waals surface area (Å²) in [5, 5.41) is 2.95. The molecule has 1 aromatic rings. The molecule has 1 unspecified atom stereocenters. The molecule has 0 spiro atoms. The molecule has 1 aromatic carbocycles. The van der Waals surface area contributed by atoms with Gasteiger partial charge >= 0.3 is 0 Å². The highest BCUT2D eigenvalue weighted by Crippen LogP contribution is 2.11. The van der Waals surface area contributed by atoms with Crippen molar-refractivity contribution in [3.63, 3.8) is 0 Å². The summed E-state index contributed by atoms with van der Waals surface area (Å²) in [4.78, 5) is 11.8. The van der Waals surface area contributed by atoms with Gasteiger partial charge in [0.2, 0.25) is 5.91 Å². The molecule has 1 N–H and O–H groups in total. The molecule has 1 amide bonds. The number of rotatable bonds is 10. The lowest BCUT2D eigenvalue weighted by Gasteiger charge is -2.10. The van der Waals surface area contributed by atoms with Gasteiger partial charge in [0.1, 0.15) is 0 Å². The molecule has 1 aliphatic heterocycles. The van der Waals surface area contributed by atoms with Gasteiger partial charge in [0.15, 0.2) is 0 Å². The van der Waals surface area contributed by atoms with Crippen LogP contribution in [0.5, 0.6) is 0 Å². The van der Waals surface area contributed by atoms with Crippen molar-refractivity contribution in [3.05, 3.63) is 35.4 Å². The minimum Gasteiger partial charge on any atom is -0.379 e. The van der Waals surface area contributed by atoms with E-state index in [0.717, 1.165) is 38.7 Å². The van der Waals surface area contributed by atoms with Crippen LogP contribution in [-0.2, 0) is 27.1 Å². The molecule has 1 fully saturated rings. The number of aryl methyl sites for hydroxylation is 2. The van der Waals surface area contributed by atoms with Gasteiger partial charge in [-0.1, -0.05) is 31.2 Å². The first-order chi connectivity index (χ1) is 11.3. The fourth-order valence-electron chi connectivity index (χ4n) is 2.68. The van der Waals surface area contributed by atoms with Crippen LogP contribution in [-0.4, -0.2) is 38.4 Å².